The van der Waals surface area contributed by atoms with E-state index in [1.807, 2.05) is 41.3 Å². The van der Waals surface area contributed by atoms with E-state index in [2.05, 4.69) is 4.98 Å². The van der Waals surface area contributed by atoms with Gasteiger partial charge in [0.2, 0.25) is 0 Å². The van der Waals surface area contributed by atoms with Crippen molar-refractivity contribution in [1.29, 1.82) is 0 Å². The summed E-state index contributed by atoms with van der Waals surface area (Å²) in [7, 11) is 0. The third-order valence-electron chi connectivity index (χ3n) is 3.89. The molecule has 2 aromatic rings. The van der Waals surface area contributed by atoms with Gasteiger partial charge >= 0.3 is 0 Å². The minimum Gasteiger partial charge on any atom is -0.395 e. The van der Waals surface area contributed by atoms with Crippen LogP contribution in [-0.4, -0.2) is 56.6 Å². The summed E-state index contributed by atoms with van der Waals surface area (Å²) in [6, 6.07) is 11.4. The second-order valence-electron chi connectivity index (χ2n) is 5.23. The summed E-state index contributed by atoms with van der Waals surface area (Å²) in [5, 5.41) is 29.9. The average molecular weight is 274 g/mol. The number of aliphatic hydroxyl groups is 3. The first kappa shape index (κ1) is 13.5. The zero-order chi connectivity index (χ0) is 14.1. The van der Waals surface area contributed by atoms with E-state index in [9.17, 15) is 15.3 Å². The molecular weight excluding hydrogens is 256 g/mol. The Labute approximate surface area is 117 Å². The first-order chi connectivity index (χ1) is 9.69. The van der Waals surface area contributed by atoms with Crippen LogP contribution in [0.3, 0.4) is 0 Å². The number of aromatic nitrogens is 1. The molecule has 0 aliphatic carbocycles. The molecule has 0 unspecified atom stereocenters. The normalized spacial score (nSPS) is 27.2. The van der Waals surface area contributed by atoms with E-state index in [-0.39, 0.29) is 6.61 Å². The summed E-state index contributed by atoms with van der Waals surface area (Å²) in [6.07, 6.45) is -1.71. The van der Waals surface area contributed by atoms with Gasteiger partial charge < -0.3 is 15.3 Å². The maximum absolute atomic E-state index is 9.81. The van der Waals surface area contributed by atoms with Crippen molar-refractivity contribution in [3.63, 3.8) is 0 Å². The topological polar surface area (TPSA) is 76.8 Å². The number of rotatable bonds is 3. The molecule has 0 radical (unpaired) electrons. The molecule has 3 atom stereocenters. The first-order valence-electron chi connectivity index (χ1n) is 6.75. The Bertz CT molecular complexity index is 604. The quantitative estimate of drug-likeness (QED) is 0.742. The van der Waals surface area contributed by atoms with Crippen molar-refractivity contribution >= 4 is 10.9 Å². The Balaban J connectivity index is 1.82. The third-order valence-corrected chi connectivity index (χ3v) is 3.89. The van der Waals surface area contributed by atoms with Gasteiger partial charge in [0.25, 0.3) is 0 Å². The van der Waals surface area contributed by atoms with Crippen molar-refractivity contribution in [3.05, 3.63) is 42.1 Å². The Morgan fingerprint density at radius 1 is 1.15 bits per heavy atom. The fourth-order valence-electron chi connectivity index (χ4n) is 2.77. The first-order valence-corrected chi connectivity index (χ1v) is 6.75. The van der Waals surface area contributed by atoms with Gasteiger partial charge in [-0.25, -0.2) is 0 Å². The molecule has 1 saturated heterocycles. The van der Waals surface area contributed by atoms with Gasteiger partial charge in [-0.15, -0.1) is 0 Å². The maximum Gasteiger partial charge on any atom is 0.0988 e. The van der Waals surface area contributed by atoms with Gasteiger partial charge in [-0.05, 0) is 12.1 Å². The molecule has 106 valence electrons. The van der Waals surface area contributed by atoms with Gasteiger partial charge in [0.15, 0.2) is 0 Å². The molecule has 0 amide bonds. The van der Waals surface area contributed by atoms with Crippen LogP contribution in [0.2, 0.25) is 0 Å². The maximum atomic E-state index is 9.81. The van der Waals surface area contributed by atoms with Gasteiger partial charge in [0, 0.05) is 18.5 Å². The highest BCUT2D eigenvalue weighted by Gasteiger charge is 2.39. The second kappa shape index (κ2) is 5.46. The lowest BCUT2D eigenvalue weighted by atomic mass is 10.1. The summed E-state index contributed by atoms with van der Waals surface area (Å²) < 4.78 is 0. The number of para-hydroxylation sites is 1. The van der Waals surface area contributed by atoms with Gasteiger partial charge in [0.1, 0.15) is 0 Å². The molecule has 5 nitrogen and oxygen atoms in total. The van der Waals surface area contributed by atoms with Crippen LogP contribution in [0.4, 0.5) is 0 Å². The Morgan fingerprint density at radius 3 is 2.75 bits per heavy atom. The standard InChI is InChI=1S/C15H18N2O3/c18-9-13-15(20)14(19)8-17(13)7-11-6-5-10-3-1-2-4-12(10)16-11/h1-6,13-15,18-20H,7-9H2/t13-,14+,15-/m1/s1. The minimum atomic E-state index is -0.902. The highest BCUT2D eigenvalue weighted by atomic mass is 16.3. The minimum absolute atomic E-state index is 0.175. The monoisotopic (exact) mass is 274 g/mol. The van der Waals surface area contributed by atoms with Crippen LogP contribution in [0, 0.1) is 0 Å². The lowest BCUT2D eigenvalue weighted by Crippen LogP contribution is -2.38. The van der Waals surface area contributed by atoms with Gasteiger partial charge in [-0.1, -0.05) is 24.3 Å². The molecule has 20 heavy (non-hydrogen) atoms. The number of hydrogen-bond donors (Lipinski definition) is 3. The SMILES string of the molecule is OC[C@@H]1[C@@H](O)[C@@H](O)CN1Cc1ccc2ccccc2n1. The smallest absolute Gasteiger partial charge is 0.0988 e. The molecule has 1 aromatic heterocycles. The van der Waals surface area contributed by atoms with E-state index >= 15 is 0 Å². The molecule has 1 aromatic carbocycles. The van der Waals surface area contributed by atoms with Crippen molar-refractivity contribution in [1.82, 2.24) is 9.88 Å². The Kier molecular flexibility index (Phi) is 3.67. The van der Waals surface area contributed by atoms with Crippen LogP contribution in [0.1, 0.15) is 5.69 Å². The molecular formula is C15H18N2O3. The number of benzene rings is 1. The lowest BCUT2D eigenvalue weighted by Gasteiger charge is -2.23. The number of nitrogens with zero attached hydrogens (tertiary/aromatic N) is 2. The Hall–Kier alpha value is -1.53. The predicted molar refractivity (Wildman–Crippen MR) is 75.0 cm³/mol. The average Bonchev–Trinajstić information content (AvgIpc) is 2.73. The number of β-amino-alcohol motifs (C(OH)–C–C–N with tert-alkyl or cyclic N) is 1. The second-order valence-corrected chi connectivity index (χ2v) is 5.23. The largest absolute Gasteiger partial charge is 0.395 e. The van der Waals surface area contributed by atoms with Crippen LogP contribution >= 0.6 is 0 Å². The van der Waals surface area contributed by atoms with Gasteiger partial charge in [-0.2, -0.15) is 0 Å². The Morgan fingerprint density at radius 2 is 1.95 bits per heavy atom. The zero-order valence-electron chi connectivity index (χ0n) is 11.1. The number of fused-ring (bicyclic) bond motifs is 1. The molecule has 1 aliphatic rings. The number of hydrogen-bond acceptors (Lipinski definition) is 5. The number of pyridine rings is 1. The molecule has 0 spiro atoms. The molecule has 1 aliphatic heterocycles. The van der Waals surface area contributed by atoms with E-state index in [1.54, 1.807) is 0 Å². The summed E-state index contributed by atoms with van der Waals surface area (Å²) in [4.78, 5) is 6.44. The van der Waals surface area contributed by atoms with Crippen molar-refractivity contribution < 1.29 is 15.3 Å². The fourth-order valence-corrected chi connectivity index (χ4v) is 2.77. The van der Waals surface area contributed by atoms with E-state index in [4.69, 9.17) is 0 Å². The van der Waals surface area contributed by atoms with Crippen LogP contribution in [-0.2, 0) is 6.54 Å². The summed E-state index contributed by atoms with van der Waals surface area (Å²) >= 11 is 0. The van der Waals surface area contributed by atoms with E-state index in [0.717, 1.165) is 16.6 Å². The highest BCUT2D eigenvalue weighted by Crippen LogP contribution is 2.21. The van der Waals surface area contributed by atoms with Gasteiger partial charge in [0.05, 0.1) is 36.1 Å². The fraction of sp³-hybridized carbons (Fsp3) is 0.400. The van der Waals surface area contributed by atoms with Crippen LogP contribution in [0.25, 0.3) is 10.9 Å². The van der Waals surface area contributed by atoms with Crippen LogP contribution < -0.4 is 0 Å². The molecule has 5 heteroatoms. The molecule has 3 N–H and O–H groups in total. The summed E-state index contributed by atoms with van der Waals surface area (Å²) in [6.45, 7) is 0.677. The molecule has 3 rings (SSSR count). The highest BCUT2D eigenvalue weighted by molar-refractivity contribution is 5.78. The van der Waals surface area contributed by atoms with E-state index in [1.165, 1.54) is 0 Å². The van der Waals surface area contributed by atoms with E-state index < -0.39 is 18.2 Å². The summed E-state index contributed by atoms with van der Waals surface area (Å²) in [5.41, 5.74) is 1.79. The predicted octanol–water partition coefficient (Wildman–Crippen LogP) is 0.133. The van der Waals surface area contributed by atoms with Crippen molar-refractivity contribution in [3.8, 4) is 0 Å². The molecule has 1 fully saturated rings. The molecule has 0 bridgehead atoms. The van der Waals surface area contributed by atoms with Gasteiger partial charge in [-0.3, -0.25) is 9.88 Å². The van der Waals surface area contributed by atoms with Crippen LogP contribution in [0.15, 0.2) is 36.4 Å². The third kappa shape index (κ3) is 2.41. The number of likely N-dealkylation sites (tertiary alicyclic amines) is 1. The molecule has 2 heterocycles. The zero-order valence-corrected chi connectivity index (χ0v) is 11.1. The van der Waals surface area contributed by atoms with E-state index in [0.29, 0.717) is 13.1 Å². The van der Waals surface area contributed by atoms with Crippen molar-refractivity contribution in [2.24, 2.45) is 0 Å². The lowest BCUT2D eigenvalue weighted by molar-refractivity contribution is 0.0209. The van der Waals surface area contributed by atoms with Crippen molar-refractivity contribution in [2.75, 3.05) is 13.2 Å². The van der Waals surface area contributed by atoms with Crippen molar-refractivity contribution in [2.45, 2.75) is 24.8 Å². The number of aliphatic hydroxyl groups excluding tert-OH is 3. The summed E-state index contributed by atoms with van der Waals surface area (Å²) in [5.74, 6) is 0. The molecule has 0 saturated carbocycles. The van der Waals surface area contributed by atoms with Crippen LogP contribution in [0.5, 0.6) is 0 Å².